The molecule has 4 nitrogen and oxygen atoms in total. The molecule has 1 aliphatic heterocycles. The number of nitrogens with one attached hydrogen (secondary N) is 2. The molecule has 1 aromatic carbocycles. The molecule has 1 saturated heterocycles. The van der Waals surface area contributed by atoms with E-state index in [1.54, 1.807) is 0 Å². The summed E-state index contributed by atoms with van der Waals surface area (Å²) in [4.78, 5) is 6.31. The number of hydrogen-bond acceptors (Lipinski definition) is 3. The molecular formula is C14H13F6N3O. The van der Waals surface area contributed by atoms with E-state index in [9.17, 15) is 26.3 Å². The van der Waals surface area contributed by atoms with E-state index in [0.717, 1.165) is 0 Å². The first-order valence-corrected chi connectivity index (χ1v) is 7.17. The predicted molar refractivity (Wildman–Crippen MR) is 73.6 cm³/mol. The summed E-state index contributed by atoms with van der Waals surface area (Å²) >= 11 is 0. The highest BCUT2D eigenvalue weighted by Gasteiger charge is 2.39. The third-order valence-corrected chi connectivity index (χ3v) is 3.78. The fourth-order valence-corrected chi connectivity index (χ4v) is 2.60. The molecule has 0 saturated carbocycles. The monoisotopic (exact) mass is 353 g/mol. The van der Waals surface area contributed by atoms with E-state index in [0.29, 0.717) is 32.1 Å². The first-order valence-electron chi connectivity index (χ1n) is 7.17. The number of nitrogens with zero attached hydrogens (tertiary/aromatic N) is 1. The summed E-state index contributed by atoms with van der Waals surface area (Å²) in [7, 11) is 0. The number of anilines is 1. The smallest absolute Gasteiger partial charge is 0.381 e. The lowest BCUT2D eigenvalue weighted by Crippen LogP contribution is -2.28. The number of aromatic nitrogens is 2. The van der Waals surface area contributed by atoms with E-state index >= 15 is 0 Å². The number of alkyl halides is 6. The standard InChI is InChI=1S/C14H13F6N3O/c15-13(16,17)7-5-9(14(18,19)20)11-10(6-7)22-12(23-11)21-8-1-3-24-4-2-8/h5-6,8H,1-4H2,(H2,21,22,23). The van der Waals surface area contributed by atoms with Crippen molar-refractivity contribution < 1.29 is 31.1 Å². The molecule has 24 heavy (non-hydrogen) atoms. The van der Waals surface area contributed by atoms with Gasteiger partial charge in [0.15, 0.2) is 0 Å². The van der Waals surface area contributed by atoms with Gasteiger partial charge < -0.3 is 15.0 Å². The summed E-state index contributed by atoms with van der Waals surface area (Å²) in [5.74, 6) is 0.0155. The molecule has 2 heterocycles. The van der Waals surface area contributed by atoms with Crippen molar-refractivity contribution in [1.82, 2.24) is 9.97 Å². The molecule has 0 atom stereocenters. The van der Waals surface area contributed by atoms with E-state index < -0.39 is 29.0 Å². The minimum atomic E-state index is -4.94. The number of benzene rings is 1. The average Bonchev–Trinajstić information content (AvgIpc) is 2.87. The lowest BCUT2D eigenvalue weighted by molar-refractivity contribution is -0.142. The lowest BCUT2D eigenvalue weighted by atomic mass is 10.1. The van der Waals surface area contributed by atoms with E-state index in [1.165, 1.54) is 0 Å². The van der Waals surface area contributed by atoms with Gasteiger partial charge in [-0.25, -0.2) is 4.98 Å². The molecule has 2 N–H and O–H groups in total. The maximum atomic E-state index is 13.1. The number of rotatable bonds is 2. The summed E-state index contributed by atoms with van der Waals surface area (Å²) in [6.45, 7) is 1.01. The van der Waals surface area contributed by atoms with Gasteiger partial charge >= 0.3 is 12.4 Å². The van der Waals surface area contributed by atoms with Crippen LogP contribution >= 0.6 is 0 Å². The van der Waals surface area contributed by atoms with Gasteiger partial charge in [-0.15, -0.1) is 0 Å². The molecule has 0 spiro atoms. The second-order valence-electron chi connectivity index (χ2n) is 5.53. The fourth-order valence-electron chi connectivity index (χ4n) is 2.60. The maximum absolute atomic E-state index is 13.1. The zero-order chi connectivity index (χ0) is 17.5. The fraction of sp³-hybridized carbons (Fsp3) is 0.500. The number of hydrogen-bond donors (Lipinski definition) is 2. The van der Waals surface area contributed by atoms with Gasteiger partial charge in [-0.05, 0) is 25.0 Å². The van der Waals surface area contributed by atoms with Crippen LogP contribution in [0.5, 0.6) is 0 Å². The zero-order valence-corrected chi connectivity index (χ0v) is 12.2. The topological polar surface area (TPSA) is 49.9 Å². The number of H-pyrrole nitrogens is 1. The Morgan fingerprint density at radius 2 is 1.71 bits per heavy atom. The summed E-state index contributed by atoms with van der Waals surface area (Å²) in [6.07, 6.45) is -8.55. The quantitative estimate of drug-likeness (QED) is 0.796. The highest BCUT2D eigenvalue weighted by atomic mass is 19.4. The van der Waals surface area contributed by atoms with Gasteiger partial charge in [0, 0.05) is 19.3 Å². The normalized spacial score (nSPS) is 17.4. The van der Waals surface area contributed by atoms with E-state index in [4.69, 9.17) is 4.74 Å². The Hall–Kier alpha value is -1.97. The van der Waals surface area contributed by atoms with Gasteiger partial charge in [0.05, 0.1) is 16.6 Å². The van der Waals surface area contributed by atoms with E-state index in [2.05, 4.69) is 15.3 Å². The molecule has 0 bridgehead atoms. The summed E-state index contributed by atoms with van der Waals surface area (Å²) in [5, 5.41) is 2.91. The summed E-state index contributed by atoms with van der Waals surface area (Å²) in [6, 6.07) is 0.657. The van der Waals surface area contributed by atoms with Crippen LogP contribution in [0.4, 0.5) is 32.3 Å². The minimum Gasteiger partial charge on any atom is -0.381 e. The first-order chi connectivity index (χ1) is 11.1. The second kappa shape index (κ2) is 5.83. The Balaban J connectivity index is 2.03. The van der Waals surface area contributed by atoms with Gasteiger partial charge in [-0.3, -0.25) is 0 Å². The third kappa shape index (κ3) is 3.42. The molecular weight excluding hydrogens is 340 g/mol. The highest BCUT2D eigenvalue weighted by Crippen LogP contribution is 2.39. The van der Waals surface area contributed by atoms with Crippen LogP contribution < -0.4 is 5.32 Å². The minimum absolute atomic E-state index is 0.0155. The van der Waals surface area contributed by atoms with Gasteiger partial charge in [0.2, 0.25) is 5.95 Å². The number of halogens is 6. The van der Waals surface area contributed by atoms with Crippen molar-refractivity contribution in [2.24, 2.45) is 0 Å². The third-order valence-electron chi connectivity index (χ3n) is 3.78. The first kappa shape index (κ1) is 16.9. The molecule has 132 valence electrons. The van der Waals surface area contributed by atoms with Gasteiger partial charge in [-0.1, -0.05) is 0 Å². The van der Waals surface area contributed by atoms with Crippen molar-refractivity contribution in [2.75, 3.05) is 18.5 Å². The number of aromatic amines is 1. The Bertz CT molecular complexity index is 730. The molecule has 1 aromatic heterocycles. The number of imidazole rings is 1. The summed E-state index contributed by atoms with van der Waals surface area (Å²) < 4.78 is 83.0. The van der Waals surface area contributed by atoms with Gasteiger partial charge in [0.25, 0.3) is 0 Å². The van der Waals surface area contributed by atoms with Crippen LogP contribution in [0, 0.1) is 0 Å². The van der Waals surface area contributed by atoms with Crippen LogP contribution in [0.1, 0.15) is 24.0 Å². The van der Waals surface area contributed by atoms with Gasteiger partial charge in [-0.2, -0.15) is 26.3 Å². The number of fused-ring (bicyclic) bond motifs is 1. The zero-order valence-electron chi connectivity index (χ0n) is 12.2. The lowest BCUT2D eigenvalue weighted by Gasteiger charge is -2.22. The summed E-state index contributed by atoms with van der Waals surface area (Å²) in [5.41, 5.74) is -3.64. The maximum Gasteiger partial charge on any atom is 0.418 e. The second-order valence-corrected chi connectivity index (χ2v) is 5.53. The van der Waals surface area contributed by atoms with Crippen molar-refractivity contribution in [3.8, 4) is 0 Å². The molecule has 3 rings (SSSR count). The van der Waals surface area contributed by atoms with Crippen molar-refractivity contribution in [1.29, 1.82) is 0 Å². The van der Waals surface area contributed by atoms with Crippen molar-refractivity contribution in [2.45, 2.75) is 31.2 Å². The predicted octanol–water partition coefficient (Wildman–Crippen LogP) is 4.19. The number of ether oxygens (including phenoxy) is 1. The van der Waals surface area contributed by atoms with Crippen LogP contribution in [0.2, 0.25) is 0 Å². The van der Waals surface area contributed by atoms with Crippen LogP contribution in [-0.2, 0) is 17.1 Å². The molecule has 0 unspecified atom stereocenters. The molecule has 1 fully saturated rings. The average molecular weight is 353 g/mol. The van der Waals surface area contributed by atoms with Crippen LogP contribution in [0.3, 0.4) is 0 Å². The largest absolute Gasteiger partial charge is 0.418 e. The molecule has 0 aliphatic carbocycles. The van der Waals surface area contributed by atoms with E-state index in [1.807, 2.05) is 0 Å². The molecule has 0 amide bonds. The van der Waals surface area contributed by atoms with Crippen LogP contribution in [0.15, 0.2) is 12.1 Å². The molecule has 10 heteroatoms. The highest BCUT2D eigenvalue weighted by molar-refractivity contribution is 5.82. The Labute approximate surface area is 132 Å². The Morgan fingerprint density at radius 1 is 1.04 bits per heavy atom. The Kier molecular flexibility index (Phi) is 4.10. The van der Waals surface area contributed by atoms with Crippen molar-refractivity contribution >= 4 is 17.0 Å². The van der Waals surface area contributed by atoms with Crippen LogP contribution in [-0.4, -0.2) is 29.2 Å². The SMILES string of the molecule is FC(F)(F)c1cc(C(F)(F)F)c2nc(NC3CCOCC3)[nH]c2c1. The van der Waals surface area contributed by atoms with E-state index in [-0.39, 0.29) is 23.6 Å². The molecule has 1 aliphatic rings. The van der Waals surface area contributed by atoms with Gasteiger partial charge in [0.1, 0.15) is 5.52 Å². The van der Waals surface area contributed by atoms with Crippen LogP contribution in [0.25, 0.3) is 11.0 Å². The molecule has 0 radical (unpaired) electrons. The van der Waals surface area contributed by atoms with Crippen molar-refractivity contribution in [3.05, 3.63) is 23.3 Å². The Morgan fingerprint density at radius 3 is 2.29 bits per heavy atom. The molecule has 2 aromatic rings. The van der Waals surface area contributed by atoms with Crippen molar-refractivity contribution in [3.63, 3.8) is 0 Å².